The molecule has 1 saturated heterocycles. The van der Waals surface area contributed by atoms with Crippen molar-refractivity contribution in [3.8, 4) is 0 Å². The molecule has 5 heteroatoms. The van der Waals surface area contributed by atoms with Crippen molar-refractivity contribution in [3.63, 3.8) is 0 Å². The first-order valence-corrected chi connectivity index (χ1v) is 6.95. The number of carbonyl (C=O) groups is 1. The second kappa shape index (κ2) is 6.39. The van der Waals surface area contributed by atoms with Crippen LogP contribution in [0.15, 0.2) is 23.1 Å². The number of hydrogen-bond donors (Lipinski definition) is 2. The number of likely N-dealkylation sites (tertiary alicyclic amines) is 1. The molecule has 0 bridgehead atoms. The first-order chi connectivity index (χ1) is 9.11. The molecule has 1 heterocycles. The zero-order valence-electron chi connectivity index (χ0n) is 10.7. The van der Waals surface area contributed by atoms with Crippen molar-refractivity contribution in [2.75, 3.05) is 19.7 Å². The van der Waals surface area contributed by atoms with Crippen LogP contribution in [0.1, 0.15) is 29.6 Å². The molecule has 0 aromatic heterocycles. The van der Waals surface area contributed by atoms with E-state index in [1.54, 1.807) is 4.90 Å². The summed E-state index contributed by atoms with van der Waals surface area (Å²) in [5, 5.41) is 8.97. The van der Waals surface area contributed by atoms with Gasteiger partial charge >= 0.3 is 0 Å². The molecular weight excluding hydrogens is 265 g/mol. The molecule has 1 unspecified atom stereocenters. The van der Waals surface area contributed by atoms with Crippen molar-refractivity contribution < 1.29 is 14.3 Å². The monoisotopic (exact) mass is 283 g/mol. The fraction of sp³-hybridized carbons (Fsp3) is 0.500. The molecule has 0 saturated carbocycles. The second-order valence-corrected chi connectivity index (χ2v) is 5.42. The Morgan fingerprint density at radius 3 is 3.00 bits per heavy atom. The molecular formula is C14H18FNO2S. The number of piperidine rings is 1. The van der Waals surface area contributed by atoms with E-state index in [-0.39, 0.29) is 17.4 Å². The predicted octanol–water partition coefficient (Wildman–Crippen LogP) is 2.35. The molecule has 1 fully saturated rings. The standard InChI is InChI=1S/C14H18FNO2S/c15-12-4-3-11(8-13(12)19)14(18)16-6-1-2-10(9-16)5-7-17/h3-4,8,10,17,19H,1-2,5-7,9H2. The van der Waals surface area contributed by atoms with Gasteiger partial charge in [0.05, 0.1) is 0 Å². The third-order valence-corrected chi connectivity index (χ3v) is 3.88. The quantitative estimate of drug-likeness (QED) is 0.836. The summed E-state index contributed by atoms with van der Waals surface area (Å²) in [6, 6.07) is 4.23. The lowest BCUT2D eigenvalue weighted by molar-refractivity contribution is 0.0653. The van der Waals surface area contributed by atoms with Crippen LogP contribution in [-0.4, -0.2) is 35.6 Å². The number of nitrogens with zero attached hydrogens (tertiary/aromatic N) is 1. The number of aliphatic hydroxyl groups is 1. The molecule has 1 aliphatic heterocycles. The normalized spacial score (nSPS) is 19.5. The second-order valence-electron chi connectivity index (χ2n) is 4.94. The van der Waals surface area contributed by atoms with E-state index in [4.69, 9.17) is 5.11 Å². The minimum absolute atomic E-state index is 0.0852. The summed E-state index contributed by atoms with van der Waals surface area (Å²) in [5.74, 6) is -0.145. The number of benzene rings is 1. The Kier molecular flexibility index (Phi) is 4.82. The van der Waals surface area contributed by atoms with Gasteiger partial charge in [-0.15, -0.1) is 12.6 Å². The van der Waals surface area contributed by atoms with Crippen LogP contribution in [0.4, 0.5) is 4.39 Å². The number of rotatable bonds is 3. The van der Waals surface area contributed by atoms with Crippen molar-refractivity contribution in [1.82, 2.24) is 4.90 Å². The molecule has 2 rings (SSSR count). The third kappa shape index (κ3) is 3.48. The summed E-state index contributed by atoms with van der Waals surface area (Å²) in [5.41, 5.74) is 0.469. The van der Waals surface area contributed by atoms with E-state index in [0.717, 1.165) is 25.8 Å². The molecule has 1 N–H and O–H groups in total. The number of halogens is 1. The Morgan fingerprint density at radius 2 is 2.32 bits per heavy atom. The Morgan fingerprint density at radius 1 is 1.53 bits per heavy atom. The van der Waals surface area contributed by atoms with E-state index < -0.39 is 5.82 Å². The highest BCUT2D eigenvalue weighted by molar-refractivity contribution is 7.80. The lowest BCUT2D eigenvalue weighted by Gasteiger charge is -2.32. The Balaban J connectivity index is 2.08. The molecule has 3 nitrogen and oxygen atoms in total. The number of carbonyl (C=O) groups excluding carboxylic acids is 1. The fourth-order valence-electron chi connectivity index (χ4n) is 2.50. The zero-order valence-corrected chi connectivity index (χ0v) is 11.6. The van der Waals surface area contributed by atoms with Gasteiger partial charge in [-0.2, -0.15) is 0 Å². The van der Waals surface area contributed by atoms with E-state index in [1.165, 1.54) is 18.2 Å². The lowest BCUT2D eigenvalue weighted by Crippen LogP contribution is -2.40. The molecule has 19 heavy (non-hydrogen) atoms. The summed E-state index contributed by atoms with van der Waals surface area (Å²) in [6.45, 7) is 1.54. The van der Waals surface area contributed by atoms with Crippen molar-refractivity contribution in [2.45, 2.75) is 24.2 Å². The van der Waals surface area contributed by atoms with Crippen LogP contribution in [0.25, 0.3) is 0 Å². The van der Waals surface area contributed by atoms with E-state index in [1.807, 2.05) is 0 Å². The van der Waals surface area contributed by atoms with Gasteiger partial charge in [0.15, 0.2) is 0 Å². The van der Waals surface area contributed by atoms with Crippen LogP contribution in [0.3, 0.4) is 0 Å². The summed E-state index contributed by atoms with van der Waals surface area (Å²) < 4.78 is 13.1. The molecule has 104 valence electrons. The van der Waals surface area contributed by atoms with Gasteiger partial charge in [0, 0.05) is 30.2 Å². The lowest BCUT2D eigenvalue weighted by atomic mass is 9.94. The van der Waals surface area contributed by atoms with Gasteiger partial charge in [-0.05, 0) is 43.4 Å². The van der Waals surface area contributed by atoms with Crippen LogP contribution in [-0.2, 0) is 0 Å². The van der Waals surface area contributed by atoms with Gasteiger partial charge in [-0.3, -0.25) is 4.79 Å². The number of thiol groups is 1. The first-order valence-electron chi connectivity index (χ1n) is 6.50. The smallest absolute Gasteiger partial charge is 0.253 e. The maximum Gasteiger partial charge on any atom is 0.253 e. The van der Waals surface area contributed by atoms with Crippen LogP contribution in [0.2, 0.25) is 0 Å². The molecule has 1 aliphatic rings. The molecule has 1 aromatic rings. The third-order valence-electron chi connectivity index (χ3n) is 3.54. The highest BCUT2D eigenvalue weighted by Gasteiger charge is 2.24. The number of hydrogen-bond acceptors (Lipinski definition) is 3. The Hall–Kier alpha value is -1.07. The average molecular weight is 283 g/mol. The topological polar surface area (TPSA) is 40.5 Å². The largest absolute Gasteiger partial charge is 0.396 e. The minimum atomic E-state index is -0.420. The average Bonchev–Trinajstić information content (AvgIpc) is 2.42. The van der Waals surface area contributed by atoms with Crippen LogP contribution in [0, 0.1) is 11.7 Å². The van der Waals surface area contributed by atoms with E-state index in [2.05, 4.69) is 12.6 Å². The summed E-state index contributed by atoms with van der Waals surface area (Å²) in [6.07, 6.45) is 2.72. The molecule has 1 aromatic carbocycles. The van der Waals surface area contributed by atoms with Crippen molar-refractivity contribution in [1.29, 1.82) is 0 Å². The summed E-state index contributed by atoms with van der Waals surface area (Å²) >= 11 is 4.00. The number of aliphatic hydroxyl groups excluding tert-OH is 1. The fourth-order valence-corrected chi connectivity index (χ4v) is 2.71. The van der Waals surface area contributed by atoms with E-state index in [9.17, 15) is 9.18 Å². The summed E-state index contributed by atoms with van der Waals surface area (Å²) in [4.78, 5) is 14.3. The molecule has 0 radical (unpaired) electrons. The summed E-state index contributed by atoms with van der Waals surface area (Å²) in [7, 11) is 0. The Bertz CT molecular complexity index is 465. The van der Waals surface area contributed by atoms with Gasteiger partial charge in [-0.1, -0.05) is 0 Å². The van der Waals surface area contributed by atoms with Gasteiger partial charge in [0.25, 0.3) is 5.91 Å². The molecule has 1 atom stereocenters. The van der Waals surface area contributed by atoms with E-state index in [0.29, 0.717) is 18.0 Å². The highest BCUT2D eigenvalue weighted by Crippen LogP contribution is 2.22. The van der Waals surface area contributed by atoms with Crippen LogP contribution < -0.4 is 0 Å². The van der Waals surface area contributed by atoms with Crippen LogP contribution in [0.5, 0.6) is 0 Å². The molecule has 0 aliphatic carbocycles. The van der Waals surface area contributed by atoms with Crippen LogP contribution >= 0.6 is 12.6 Å². The maximum absolute atomic E-state index is 13.1. The minimum Gasteiger partial charge on any atom is -0.396 e. The van der Waals surface area contributed by atoms with Crippen molar-refractivity contribution in [2.24, 2.45) is 5.92 Å². The molecule has 1 amide bonds. The van der Waals surface area contributed by atoms with Crippen molar-refractivity contribution >= 4 is 18.5 Å². The Labute approximate surface area is 117 Å². The first kappa shape index (κ1) is 14.3. The van der Waals surface area contributed by atoms with Gasteiger partial charge in [-0.25, -0.2) is 4.39 Å². The SMILES string of the molecule is O=C(c1ccc(F)c(S)c1)N1CCCC(CCO)C1. The van der Waals surface area contributed by atoms with Crippen molar-refractivity contribution in [3.05, 3.63) is 29.6 Å². The number of amides is 1. The zero-order chi connectivity index (χ0) is 13.8. The predicted molar refractivity (Wildman–Crippen MR) is 74.0 cm³/mol. The van der Waals surface area contributed by atoms with Gasteiger partial charge in [0.1, 0.15) is 5.82 Å². The molecule has 0 spiro atoms. The highest BCUT2D eigenvalue weighted by atomic mass is 32.1. The van der Waals surface area contributed by atoms with Gasteiger partial charge < -0.3 is 10.0 Å². The van der Waals surface area contributed by atoms with E-state index >= 15 is 0 Å². The maximum atomic E-state index is 13.1. The van der Waals surface area contributed by atoms with Gasteiger partial charge in [0.2, 0.25) is 0 Å².